The van der Waals surface area contributed by atoms with Gasteiger partial charge in [-0.25, -0.2) is 13.4 Å². The summed E-state index contributed by atoms with van der Waals surface area (Å²) in [6.45, 7) is 2.95. The van der Waals surface area contributed by atoms with E-state index in [0.29, 0.717) is 30.5 Å². The summed E-state index contributed by atoms with van der Waals surface area (Å²) in [5.41, 5.74) is 0.748. The van der Waals surface area contributed by atoms with E-state index in [1.165, 1.54) is 22.5 Å². The molecule has 29 heavy (non-hydrogen) atoms. The van der Waals surface area contributed by atoms with E-state index >= 15 is 0 Å². The van der Waals surface area contributed by atoms with Gasteiger partial charge in [0.05, 0.1) is 10.7 Å². The van der Waals surface area contributed by atoms with Gasteiger partial charge >= 0.3 is 0 Å². The van der Waals surface area contributed by atoms with E-state index in [9.17, 15) is 13.2 Å². The van der Waals surface area contributed by atoms with Crippen molar-refractivity contribution in [2.75, 3.05) is 37.4 Å². The summed E-state index contributed by atoms with van der Waals surface area (Å²) in [4.78, 5) is 18.8. The number of piperidine rings is 1. The van der Waals surface area contributed by atoms with Crippen molar-refractivity contribution < 1.29 is 13.2 Å². The van der Waals surface area contributed by atoms with Crippen molar-refractivity contribution in [1.82, 2.24) is 9.29 Å². The number of amides is 1. The molecule has 0 radical (unpaired) electrons. The third-order valence-corrected chi connectivity index (χ3v) is 7.24. The van der Waals surface area contributed by atoms with Crippen molar-refractivity contribution in [3.05, 3.63) is 47.1 Å². The standard InChI is InChI=1S/C20H25ClN4O3S/c1-14-6-5-11-25(13-14)29(27,28)18-12-15(8-9-16(18)21)20(26)23-17-7-4-10-22-19(17)24(2)3/h4,7-10,12,14H,5-6,11,13H2,1-3H3,(H,23,26). The van der Waals surface area contributed by atoms with Crippen LogP contribution < -0.4 is 10.2 Å². The molecule has 2 aromatic rings. The highest BCUT2D eigenvalue weighted by molar-refractivity contribution is 7.89. The monoisotopic (exact) mass is 436 g/mol. The van der Waals surface area contributed by atoms with Crippen molar-refractivity contribution in [3.8, 4) is 0 Å². The SMILES string of the molecule is CC1CCCN(S(=O)(=O)c2cc(C(=O)Nc3cccnc3N(C)C)ccc2Cl)C1. The Bertz CT molecular complexity index is 1010. The van der Waals surface area contributed by atoms with E-state index in [0.717, 1.165) is 12.8 Å². The zero-order valence-corrected chi connectivity index (χ0v) is 18.3. The van der Waals surface area contributed by atoms with Crippen LogP contribution in [0.2, 0.25) is 5.02 Å². The van der Waals surface area contributed by atoms with Gasteiger partial charge in [-0.1, -0.05) is 18.5 Å². The van der Waals surface area contributed by atoms with Crippen LogP contribution in [0.3, 0.4) is 0 Å². The highest BCUT2D eigenvalue weighted by Gasteiger charge is 2.31. The molecule has 1 aromatic heterocycles. The van der Waals surface area contributed by atoms with Crippen LogP contribution in [-0.4, -0.2) is 50.8 Å². The Labute approximate surface area is 176 Å². The molecular weight excluding hydrogens is 412 g/mol. The first-order chi connectivity index (χ1) is 13.7. The van der Waals surface area contributed by atoms with Crippen molar-refractivity contribution >= 4 is 39.0 Å². The average Bonchev–Trinajstić information content (AvgIpc) is 2.68. The van der Waals surface area contributed by atoms with Gasteiger partial charge in [-0.15, -0.1) is 0 Å². The highest BCUT2D eigenvalue weighted by Crippen LogP contribution is 2.29. The molecule has 3 rings (SSSR count). The maximum absolute atomic E-state index is 13.1. The van der Waals surface area contributed by atoms with Crippen LogP contribution in [0.25, 0.3) is 0 Å². The Hall–Kier alpha value is -2.16. The molecule has 0 aliphatic carbocycles. The molecule has 9 heteroatoms. The van der Waals surface area contributed by atoms with Crippen molar-refractivity contribution in [2.45, 2.75) is 24.7 Å². The summed E-state index contributed by atoms with van der Waals surface area (Å²) in [6.07, 6.45) is 3.45. The molecule has 0 spiro atoms. The van der Waals surface area contributed by atoms with Gasteiger partial charge in [-0.3, -0.25) is 4.79 Å². The maximum atomic E-state index is 13.1. The normalized spacial score (nSPS) is 17.7. The first-order valence-corrected chi connectivity index (χ1v) is 11.3. The van der Waals surface area contributed by atoms with Crippen molar-refractivity contribution in [2.24, 2.45) is 5.92 Å². The van der Waals surface area contributed by atoms with E-state index in [4.69, 9.17) is 11.6 Å². The van der Waals surface area contributed by atoms with Gasteiger partial charge in [0.25, 0.3) is 5.91 Å². The van der Waals surface area contributed by atoms with E-state index in [2.05, 4.69) is 10.3 Å². The predicted octanol–water partition coefficient (Wildman–Crippen LogP) is 3.47. The number of carbonyl (C=O) groups is 1. The maximum Gasteiger partial charge on any atom is 0.255 e. The van der Waals surface area contributed by atoms with Crippen LogP contribution in [0, 0.1) is 5.92 Å². The van der Waals surface area contributed by atoms with Crippen molar-refractivity contribution in [3.63, 3.8) is 0 Å². The molecule has 1 unspecified atom stereocenters. The van der Waals surface area contributed by atoms with E-state index in [-0.39, 0.29) is 15.5 Å². The fraction of sp³-hybridized carbons (Fsp3) is 0.400. The number of nitrogens with one attached hydrogen (secondary N) is 1. The lowest BCUT2D eigenvalue weighted by Gasteiger charge is -2.30. The van der Waals surface area contributed by atoms with Crippen molar-refractivity contribution in [1.29, 1.82) is 0 Å². The van der Waals surface area contributed by atoms with Gasteiger partial charge in [-0.2, -0.15) is 4.31 Å². The molecule has 2 heterocycles. The van der Waals surface area contributed by atoms with Crippen LogP contribution in [-0.2, 0) is 10.0 Å². The number of sulfonamides is 1. The Morgan fingerprint density at radius 3 is 2.76 bits per heavy atom. The number of hydrogen-bond acceptors (Lipinski definition) is 5. The minimum absolute atomic E-state index is 0.0417. The molecule has 156 valence electrons. The Balaban J connectivity index is 1.90. The molecule has 0 bridgehead atoms. The largest absolute Gasteiger partial charge is 0.361 e. The van der Waals surface area contributed by atoms with Crippen LogP contribution in [0.1, 0.15) is 30.1 Å². The lowest BCUT2D eigenvalue weighted by Crippen LogP contribution is -2.39. The number of rotatable bonds is 5. The van der Waals surface area contributed by atoms with E-state index in [1.54, 1.807) is 23.2 Å². The molecule has 1 fully saturated rings. The first-order valence-electron chi connectivity index (χ1n) is 9.43. The number of nitrogens with zero attached hydrogens (tertiary/aromatic N) is 3. The summed E-state index contributed by atoms with van der Waals surface area (Å²) in [6, 6.07) is 7.77. The van der Waals surface area contributed by atoms with Gasteiger partial charge in [0.2, 0.25) is 10.0 Å². The van der Waals surface area contributed by atoms with Gasteiger partial charge in [0.15, 0.2) is 5.82 Å². The number of halogens is 1. The van der Waals surface area contributed by atoms with E-state index < -0.39 is 15.9 Å². The average molecular weight is 437 g/mol. The van der Waals surface area contributed by atoms with Gasteiger partial charge in [-0.05, 0) is 49.1 Å². The third kappa shape index (κ3) is 4.71. The molecule has 0 saturated carbocycles. The molecule has 7 nitrogen and oxygen atoms in total. The summed E-state index contributed by atoms with van der Waals surface area (Å²) < 4.78 is 27.7. The molecule has 1 aliphatic rings. The third-order valence-electron chi connectivity index (χ3n) is 4.89. The number of pyridine rings is 1. The molecule has 1 amide bonds. The quantitative estimate of drug-likeness (QED) is 0.775. The number of aromatic nitrogens is 1. The van der Waals surface area contributed by atoms with Crippen LogP contribution in [0.4, 0.5) is 11.5 Å². The van der Waals surface area contributed by atoms with E-state index in [1.807, 2.05) is 21.0 Å². The Kier molecular flexibility index (Phi) is 6.45. The Morgan fingerprint density at radius 2 is 2.07 bits per heavy atom. The highest BCUT2D eigenvalue weighted by atomic mass is 35.5. The van der Waals surface area contributed by atoms with Gasteiger partial charge < -0.3 is 10.2 Å². The zero-order valence-electron chi connectivity index (χ0n) is 16.7. The van der Waals surface area contributed by atoms with Gasteiger partial charge in [0, 0.05) is 38.9 Å². The molecule has 1 saturated heterocycles. The number of benzene rings is 1. The minimum atomic E-state index is -3.78. The van der Waals surface area contributed by atoms with Crippen LogP contribution in [0.5, 0.6) is 0 Å². The second-order valence-electron chi connectivity index (χ2n) is 7.48. The molecule has 1 aliphatic heterocycles. The summed E-state index contributed by atoms with van der Waals surface area (Å²) in [5.74, 6) is 0.463. The summed E-state index contributed by atoms with van der Waals surface area (Å²) >= 11 is 6.21. The predicted molar refractivity (Wildman–Crippen MR) is 115 cm³/mol. The number of hydrogen-bond donors (Lipinski definition) is 1. The minimum Gasteiger partial charge on any atom is -0.361 e. The fourth-order valence-corrected chi connectivity index (χ4v) is 5.49. The fourth-order valence-electron chi connectivity index (χ4n) is 3.39. The number of carbonyl (C=O) groups excluding carboxylic acids is 1. The molecule has 1 aromatic carbocycles. The number of anilines is 2. The molecule has 1 N–H and O–H groups in total. The molecule has 1 atom stereocenters. The second kappa shape index (κ2) is 8.69. The van der Waals surface area contributed by atoms with Gasteiger partial charge in [0.1, 0.15) is 4.90 Å². The zero-order chi connectivity index (χ0) is 21.2. The van der Waals surface area contributed by atoms with Crippen LogP contribution >= 0.6 is 11.6 Å². The Morgan fingerprint density at radius 1 is 1.31 bits per heavy atom. The lowest BCUT2D eigenvalue weighted by atomic mass is 10.0. The topological polar surface area (TPSA) is 82.6 Å². The first kappa shape index (κ1) is 21.5. The smallest absolute Gasteiger partial charge is 0.255 e. The summed E-state index contributed by atoms with van der Waals surface area (Å²) in [5, 5.41) is 2.90. The lowest BCUT2D eigenvalue weighted by molar-refractivity contribution is 0.102. The second-order valence-corrected chi connectivity index (χ2v) is 9.79. The molecular formula is C20H25ClN4O3S. The van der Waals surface area contributed by atoms with Crippen LogP contribution in [0.15, 0.2) is 41.4 Å². The summed E-state index contributed by atoms with van der Waals surface area (Å²) in [7, 11) is -0.127.